The van der Waals surface area contributed by atoms with Crippen LogP contribution in [0.15, 0.2) is 65.6 Å². The number of amides is 2. The summed E-state index contributed by atoms with van der Waals surface area (Å²) >= 11 is 0. The van der Waals surface area contributed by atoms with E-state index in [1.165, 1.54) is 20.2 Å². The van der Waals surface area contributed by atoms with Crippen molar-refractivity contribution >= 4 is 38.3 Å². The average Bonchev–Trinajstić information content (AvgIpc) is 2.86. The number of benzene rings is 3. The van der Waals surface area contributed by atoms with Gasteiger partial charge in [-0.1, -0.05) is 42.5 Å². The number of sulfonamides is 1. The number of nitrogens with one attached hydrogen (secondary N) is 1. The van der Waals surface area contributed by atoms with Crippen LogP contribution in [0.5, 0.6) is 0 Å². The van der Waals surface area contributed by atoms with E-state index in [2.05, 4.69) is 5.32 Å². The molecule has 8 nitrogen and oxygen atoms in total. The Morgan fingerprint density at radius 1 is 1.09 bits per heavy atom. The van der Waals surface area contributed by atoms with Gasteiger partial charge in [-0.05, 0) is 47.4 Å². The Labute approximate surface area is 205 Å². The third-order valence-electron chi connectivity index (χ3n) is 6.41. The predicted octanol–water partition coefficient (Wildman–Crippen LogP) is 3.04. The van der Waals surface area contributed by atoms with Crippen LogP contribution in [-0.4, -0.2) is 56.6 Å². The van der Waals surface area contributed by atoms with Crippen molar-refractivity contribution in [2.45, 2.75) is 24.3 Å². The fourth-order valence-electron chi connectivity index (χ4n) is 4.40. The lowest BCUT2D eigenvalue weighted by atomic mass is 9.97. The van der Waals surface area contributed by atoms with E-state index < -0.39 is 21.8 Å². The molecule has 9 heteroatoms. The summed E-state index contributed by atoms with van der Waals surface area (Å²) in [4.78, 5) is 26.6. The standard InChI is InChI=1S/C26H30N4O4S/c1-29(2)35(33,34)23-14-21(26(32)30-12-6-10-20(17-30)25(27)31)13-22(15-23)28-16-19-9-5-8-18-7-3-4-11-24(18)19/h3-5,7-9,11,13-15,20,28H,6,10,12,16-17H2,1-2H3,(H2,27,31). The third-order valence-corrected chi connectivity index (χ3v) is 8.20. The van der Waals surface area contributed by atoms with E-state index in [9.17, 15) is 18.0 Å². The van der Waals surface area contributed by atoms with Gasteiger partial charge in [0, 0.05) is 45.0 Å². The molecule has 1 fully saturated rings. The number of primary amides is 1. The molecule has 1 unspecified atom stereocenters. The van der Waals surface area contributed by atoms with E-state index in [0.717, 1.165) is 20.6 Å². The first-order valence-corrected chi connectivity index (χ1v) is 13.0. The largest absolute Gasteiger partial charge is 0.381 e. The highest BCUT2D eigenvalue weighted by Crippen LogP contribution is 2.26. The topological polar surface area (TPSA) is 113 Å². The van der Waals surface area contributed by atoms with Gasteiger partial charge in [-0.25, -0.2) is 12.7 Å². The van der Waals surface area contributed by atoms with Gasteiger partial charge in [0.2, 0.25) is 15.9 Å². The average molecular weight is 495 g/mol. The van der Waals surface area contributed by atoms with Crippen LogP contribution < -0.4 is 11.1 Å². The Hall–Kier alpha value is -3.43. The van der Waals surface area contributed by atoms with Gasteiger partial charge >= 0.3 is 0 Å². The Balaban J connectivity index is 1.67. The maximum Gasteiger partial charge on any atom is 0.253 e. The van der Waals surface area contributed by atoms with Crippen LogP contribution in [0.2, 0.25) is 0 Å². The van der Waals surface area contributed by atoms with E-state index in [1.807, 2.05) is 42.5 Å². The van der Waals surface area contributed by atoms with Crippen LogP contribution in [0.3, 0.4) is 0 Å². The second kappa shape index (κ2) is 10.1. The normalized spacial score (nSPS) is 16.4. The number of hydrogen-bond acceptors (Lipinski definition) is 5. The summed E-state index contributed by atoms with van der Waals surface area (Å²) in [6.45, 7) is 1.18. The van der Waals surface area contributed by atoms with Crippen LogP contribution in [0.4, 0.5) is 5.69 Å². The highest BCUT2D eigenvalue weighted by atomic mass is 32.2. The van der Waals surface area contributed by atoms with Crippen LogP contribution in [0.1, 0.15) is 28.8 Å². The first-order valence-electron chi connectivity index (χ1n) is 11.5. The maximum atomic E-state index is 13.4. The molecule has 1 saturated heterocycles. The van der Waals surface area contributed by atoms with E-state index in [-0.39, 0.29) is 22.9 Å². The summed E-state index contributed by atoms with van der Waals surface area (Å²) in [5.74, 6) is -1.14. The van der Waals surface area contributed by atoms with Crippen molar-refractivity contribution in [3.8, 4) is 0 Å². The van der Waals surface area contributed by atoms with Crippen molar-refractivity contribution in [2.75, 3.05) is 32.5 Å². The van der Waals surface area contributed by atoms with Gasteiger partial charge in [-0.3, -0.25) is 9.59 Å². The van der Waals surface area contributed by atoms with Crippen molar-refractivity contribution in [2.24, 2.45) is 11.7 Å². The molecule has 0 bridgehead atoms. The smallest absolute Gasteiger partial charge is 0.253 e. The van der Waals surface area contributed by atoms with Gasteiger partial charge < -0.3 is 16.0 Å². The molecule has 35 heavy (non-hydrogen) atoms. The van der Waals surface area contributed by atoms with Crippen molar-refractivity contribution < 1.29 is 18.0 Å². The molecule has 1 aliphatic rings. The lowest BCUT2D eigenvalue weighted by molar-refractivity contribution is -0.123. The van der Waals surface area contributed by atoms with Crippen molar-refractivity contribution in [3.63, 3.8) is 0 Å². The summed E-state index contributed by atoms with van der Waals surface area (Å²) in [5.41, 5.74) is 7.29. The summed E-state index contributed by atoms with van der Waals surface area (Å²) in [6, 6.07) is 18.7. The Morgan fingerprint density at radius 3 is 2.57 bits per heavy atom. The quantitative estimate of drug-likeness (QED) is 0.524. The molecule has 0 radical (unpaired) electrons. The van der Waals surface area contributed by atoms with Gasteiger partial charge in [-0.2, -0.15) is 0 Å². The number of nitrogens with zero attached hydrogens (tertiary/aromatic N) is 2. The zero-order valence-corrected chi connectivity index (χ0v) is 20.7. The molecule has 3 aromatic carbocycles. The van der Waals surface area contributed by atoms with Crippen molar-refractivity contribution in [1.29, 1.82) is 0 Å². The number of nitrogens with two attached hydrogens (primary N) is 1. The molecule has 1 atom stereocenters. The van der Waals surface area contributed by atoms with Gasteiger partial charge in [0.25, 0.3) is 5.91 Å². The Morgan fingerprint density at radius 2 is 1.83 bits per heavy atom. The zero-order valence-electron chi connectivity index (χ0n) is 19.9. The SMILES string of the molecule is CN(C)S(=O)(=O)c1cc(NCc2cccc3ccccc23)cc(C(=O)N2CCCC(C(N)=O)C2)c1. The number of likely N-dealkylation sites (tertiary alicyclic amines) is 1. The number of carbonyl (C=O) groups is 2. The molecule has 184 valence electrons. The van der Waals surface area contributed by atoms with Crippen LogP contribution >= 0.6 is 0 Å². The van der Waals surface area contributed by atoms with Crippen LogP contribution in [0.25, 0.3) is 10.8 Å². The first kappa shape index (κ1) is 24.7. The molecular weight excluding hydrogens is 464 g/mol. The molecule has 0 aromatic heterocycles. The molecule has 0 aliphatic carbocycles. The highest BCUT2D eigenvalue weighted by Gasteiger charge is 2.29. The number of rotatable bonds is 7. The van der Waals surface area contributed by atoms with E-state index in [1.54, 1.807) is 17.0 Å². The van der Waals surface area contributed by atoms with Crippen molar-refractivity contribution in [1.82, 2.24) is 9.21 Å². The Kier molecular flexibility index (Phi) is 7.09. The summed E-state index contributed by atoms with van der Waals surface area (Å²) in [7, 11) is -0.872. The first-order chi connectivity index (χ1) is 16.7. The summed E-state index contributed by atoms with van der Waals surface area (Å²) in [6.07, 6.45) is 1.31. The monoisotopic (exact) mass is 494 g/mol. The number of carbonyl (C=O) groups excluding carboxylic acids is 2. The molecule has 2 amide bonds. The molecule has 0 saturated carbocycles. The molecule has 0 spiro atoms. The van der Waals surface area contributed by atoms with Crippen LogP contribution in [-0.2, 0) is 21.4 Å². The number of piperidine rings is 1. The lowest BCUT2D eigenvalue weighted by Gasteiger charge is -2.31. The summed E-state index contributed by atoms with van der Waals surface area (Å²) in [5, 5.41) is 5.51. The predicted molar refractivity (Wildman–Crippen MR) is 136 cm³/mol. The lowest BCUT2D eigenvalue weighted by Crippen LogP contribution is -2.44. The number of anilines is 1. The van der Waals surface area contributed by atoms with Gasteiger partial charge in [0.05, 0.1) is 10.8 Å². The highest BCUT2D eigenvalue weighted by molar-refractivity contribution is 7.89. The fraction of sp³-hybridized carbons (Fsp3) is 0.308. The second-order valence-corrected chi connectivity index (χ2v) is 11.2. The minimum Gasteiger partial charge on any atom is -0.381 e. The summed E-state index contributed by atoms with van der Waals surface area (Å²) < 4.78 is 27.0. The minimum absolute atomic E-state index is 0.0252. The molecule has 4 rings (SSSR count). The molecule has 1 heterocycles. The van der Waals surface area contributed by atoms with Crippen molar-refractivity contribution in [3.05, 3.63) is 71.8 Å². The number of hydrogen-bond donors (Lipinski definition) is 2. The third kappa shape index (κ3) is 5.31. The fourth-order valence-corrected chi connectivity index (χ4v) is 5.38. The zero-order chi connectivity index (χ0) is 25.2. The maximum absolute atomic E-state index is 13.4. The van der Waals surface area contributed by atoms with Gasteiger partial charge in [0.15, 0.2) is 0 Å². The van der Waals surface area contributed by atoms with Gasteiger partial charge in [-0.15, -0.1) is 0 Å². The molecule has 3 N–H and O–H groups in total. The molecule has 1 aliphatic heterocycles. The second-order valence-electron chi connectivity index (χ2n) is 9.02. The molecular formula is C26H30N4O4S. The number of fused-ring (bicyclic) bond motifs is 1. The molecule has 3 aromatic rings. The van der Waals surface area contributed by atoms with E-state index in [0.29, 0.717) is 31.6 Å². The minimum atomic E-state index is -3.78. The Bertz CT molecular complexity index is 1370. The van der Waals surface area contributed by atoms with Crippen LogP contribution in [0, 0.1) is 5.92 Å². The van der Waals surface area contributed by atoms with Gasteiger partial charge in [0.1, 0.15) is 0 Å². The van der Waals surface area contributed by atoms with E-state index >= 15 is 0 Å². The van der Waals surface area contributed by atoms with E-state index in [4.69, 9.17) is 5.73 Å².